The number of rotatable bonds is 5. The molecule has 0 spiro atoms. The first-order chi connectivity index (χ1) is 16.0. The maximum absolute atomic E-state index is 12.4. The van der Waals surface area contributed by atoms with Crippen molar-refractivity contribution in [2.24, 2.45) is 11.3 Å². The zero-order valence-corrected chi connectivity index (χ0v) is 22.8. The molecule has 4 rings (SSSR count). The summed E-state index contributed by atoms with van der Waals surface area (Å²) in [7, 11) is 0. The number of allylic oxidation sites excluding steroid dienone is 1. The van der Waals surface area contributed by atoms with Crippen LogP contribution in [0.1, 0.15) is 96.5 Å². The van der Waals surface area contributed by atoms with E-state index in [0.717, 1.165) is 11.1 Å². The number of ether oxygens (including phenoxy) is 2. The van der Waals surface area contributed by atoms with Crippen LogP contribution in [0.15, 0.2) is 35.9 Å². The molecular formula is C29H42O4Ti. The number of benzene rings is 1. The van der Waals surface area contributed by atoms with Gasteiger partial charge < -0.3 is 16.4 Å². The van der Waals surface area contributed by atoms with Gasteiger partial charge in [0.2, 0.25) is 0 Å². The Morgan fingerprint density at radius 1 is 0.853 bits per heavy atom. The Labute approximate surface area is 222 Å². The summed E-state index contributed by atoms with van der Waals surface area (Å²) in [6.45, 7) is 7.98. The van der Waals surface area contributed by atoms with Crippen molar-refractivity contribution in [1.29, 1.82) is 0 Å². The maximum atomic E-state index is 12.4. The molecule has 186 valence electrons. The quantitative estimate of drug-likeness (QED) is 0.188. The summed E-state index contributed by atoms with van der Waals surface area (Å²) in [5.41, 5.74) is 0.451. The van der Waals surface area contributed by atoms with E-state index in [2.05, 4.69) is 13.0 Å². The van der Waals surface area contributed by atoms with Crippen LogP contribution in [0.5, 0.6) is 0 Å². The third kappa shape index (κ3) is 9.70. The Bertz CT molecular complexity index is 693. The first-order valence-electron chi connectivity index (χ1n) is 12.9. The van der Waals surface area contributed by atoms with Gasteiger partial charge in [-0.25, -0.2) is 0 Å². The van der Waals surface area contributed by atoms with Crippen LogP contribution in [0, 0.1) is 24.3 Å². The molecule has 0 heterocycles. The molecule has 3 aliphatic rings. The van der Waals surface area contributed by atoms with Gasteiger partial charge in [-0.2, -0.15) is 35.3 Å². The smallest absolute Gasteiger partial charge is 0.465 e. The predicted octanol–water partition coefficient (Wildman–Crippen LogP) is 7.02. The molecule has 1 atom stereocenters. The third-order valence-corrected chi connectivity index (χ3v) is 6.49. The van der Waals surface area contributed by atoms with Gasteiger partial charge in [0.15, 0.2) is 5.41 Å². The predicted molar refractivity (Wildman–Crippen MR) is 132 cm³/mol. The molecule has 3 saturated carbocycles. The maximum Gasteiger partial charge on any atom is 2.00 e. The Morgan fingerprint density at radius 3 is 1.65 bits per heavy atom. The minimum Gasteiger partial charge on any atom is -0.465 e. The minimum atomic E-state index is -1.30. The average Bonchev–Trinajstić information content (AvgIpc) is 3.61. The van der Waals surface area contributed by atoms with E-state index in [1.165, 1.54) is 64.2 Å². The van der Waals surface area contributed by atoms with E-state index in [0.29, 0.717) is 6.42 Å². The van der Waals surface area contributed by atoms with Gasteiger partial charge in [0.05, 0.1) is 13.2 Å². The van der Waals surface area contributed by atoms with Gasteiger partial charge >= 0.3 is 33.7 Å². The van der Waals surface area contributed by atoms with Crippen molar-refractivity contribution < 1.29 is 40.8 Å². The number of esters is 2. The fourth-order valence-electron chi connectivity index (χ4n) is 4.64. The summed E-state index contributed by atoms with van der Waals surface area (Å²) in [4.78, 5) is 24.9. The molecule has 34 heavy (non-hydrogen) atoms. The molecular weight excluding hydrogens is 460 g/mol. The number of carbonyl (C=O) groups excluding carboxylic acids is 2. The van der Waals surface area contributed by atoms with Crippen molar-refractivity contribution in [3.05, 3.63) is 54.5 Å². The molecule has 0 bridgehead atoms. The second kappa shape index (κ2) is 17.1. The molecule has 3 fully saturated rings. The van der Waals surface area contributed by atoms with E-state index in [1.54, 1.807) is 13.8 Å². The molecule has 0 saturated heterocycles. The Morgan fingerprint density at radius 2 is 1.26 bits per heavy atom. The molecule has 0 radical (unpaired) electrons. The molecule has 1 aromatic carbocycles. The second-order valence-electron chi connectivity index (χ2n) is 9.15. The van der Waals surface area contributed by atoms with Crippen LogP contribution in [-0.2, 0) is 40.8 Å². The monoisotopic (exact) mass is 502 g/mol. The molecule has 3 aliphatic carbocycles. The molecule has 0 aliphatic heterocycles. The second-order valence-corrected chi connectivity index (χ2v) is 9.15. The minimum absolute atomic E-state index is 0. The topological polar surface area (TPSA) is 52.6 Å². The standard InChI is InChI=1S/C19H22O4.2C5H10.Ti/c1-4-22-17(20)19(18(21)23-5-2)12-14(3)16(13-19)11-15-9-7-6-8-10-15;2*1-2-4-5-3-1;/h6-10,14H,3-5,12-13H2,1-2H3;2*1-5H2;/q-2;;;+2. The SMILES string of the molecule is C1CCCC1.C1CCCC1.[CH2-]C1CC(C(=O)OCC)(C(=O)OCC)CC1=[C-]c1ccccc1.[Ti+2]. The zero-order chi connectivity index (χ0) is 23.9. The summed E-state index contributed by atoms with van der Waals surface area (Å²) < 4.78 is 10.3. The van der Waals surface area contributed by atoms with Crippen molar-refractivity contribution in [2.45, 2.75) is 90.9 Å². The van der Waals surface area contributed by atoms with Gasteiger partial charge in [-0.3, -0.25) is 9.59 Å². The van der Waals surface area contributed by atoms with Gasteiger partial charge in [-0.1, -0.05) is 70.3 Å². The van der Waals surface area contributed by atoms with Crippen molar-refractivity contribution in [2.75, 3.05) is 13.2 Å². The van der Waals surface area contributed by atoms with Crippen LogP contribution < -0.4 is 0 Å². The molecule has 1 aromatic rings. The fourth-order valence-corrected chi connectivity index (χ4v) is 4.64. The van der Waals surface area contributed by atoms with Crippen LogP contribution in [0.4, 0.5) is 0 Å². The number of hydrogen-bond donors (Lipinski definition) is 0. The first-order valence-corrected chi connectivity index (χ1v) is 12.9. The first kappa shape index (κ1) is 30.6. The zero-order valence-electron chi connectivity index (χ0n) is 21.2. The number of carbonyl (C=O) groups is 2. The van der Waals surface area contributed by atoms with E-state index < -0.39 is 17.4 Å². The van der Waals surface area contributed by atoms with Crippen molar-refractivity contribution >= 4 is 11.9 Å². The van der Waals surface area contributed by atoms with Gasteiger partial charge in [0.25, 0.3) is 0 Å². The van der Waals surface area contributed by atoms with Crippen LogP contribution in [0.2, 0.25) is 0 Å². The third-order valence-electron chi connectivity index (χ3n) is 6.49. The van der Waals surface area contributed by atoms with Gasteiger partial charge in [-0.15, -0.1) is 12.1 Å². The normalized spacial score (nSPS) is 21.4. The Kier molecular flexibility index (Phi) is 15.4. The van der Waals surface area contributed by atoms with E-state index in [1.807, 2.05) is 30.3 Å². The average molecular weight is 503 g/mol. The van der Waals surface area contributed by atoms with E-state index >= 15 is 0 Å². The van der Waals surface area contributed by atoms with Gasteiger partial charge in [-0.05, 0) is 26.7 Å². The molecule has 1 unspecified atom stereocenters. The van der Waals surface area contributed by atoms with E-state index in [-0.39, 0.29) is 47.3 Å². The fraction of sp³-hybridized carbons (Fsp3) is 0.621. The summed E-state index contributed by atoms with van der Waals surface area (Å²) in [6, 6.07) is 9.61. The summed E-state index contributed by atoms with van der Waals surface area (Å²) >= 11 is 0. The van der Waals surface area contributed by atoms with Crippen LogP contribution >= 0.6 is 0 Å². The number of hydrogen-bond acceptors (Lipinski definition) is 4. The van der Waals surface area contributed by atoms with Crippen molar-refractivity contribution in [3.63, 3.8) is 0 Å². The van der Waals surface area contributed by atoms with Gasteiger partial charge in [0.1, 0.15) is 0 Å². The molecule has 0 amide bonds. The van der Waals surface area contributed by atoms with Crippen LogP contribution in [-0.4, -0.2) is 25.2 Å². The Hall–Kier alpha value is -1.39. The summed E-state index contributed by atoms with van der Waals surface area (Å²) in [5, 5.41) is 0. The molecule has 4 nitrogen and oxygen atoms in total. The van der Waals surface area contributed by atoms with Crippen molar-refractivity contribution in [1.82, 2.24) is 0 Å². The molecule has 0 N–H and O–H groups in total. The summed E-state index contributed by atoms with van der Waals surface area (Å²) in [6.07, 6.45) is 18.8. The van der Waals surface area contributed by atoms with E-state index in [9.17, 15) is 9.59 Å². The van der Waals surface area contributed by atoms with Crippen molar-refractivity contribution in [3.8, 4) is 0 Å². The van der Waals surface area contributed by atoms with Crippen LogP contribution in [0.25, 0.3) is 0 Å². The Balaban J connectivity index is 0.000000430. The molecule has 5 heteroatoms. The van der Waals surface area contributed by atoms with Crippen LogP contribution in [0.3, 0.4) is 0 Å². The summed E-state index contributed by atoms with van der Waals surface area (Å²) in [5.74, 6) is -1.24. The van der Waals surface area contributed by atoms with Gasteiger partial charge in [0, 0.05) is 0 Å². The van der Waals surface area contributed by atoms with E-state index in [4.69, 9.17) is 9.47 Å². The largest absolute Gasteiger partial charge is 2.00 e. The molecule has 0 aromatic heterocycles.